The monoisotopic (exact) mass is 306 g/mol. The summed E-state index contributed by atoms with van der Waals surface area (Å²) in [5.41, 5.74) is 1.96. The number of hydrogen-bond acceptors (Lipinski definition) is 4. The standard InChI is InChI=1S/C16H22N2O2S/c1-4-18(5-2)11-14-15(17-16(19)21-14)12-7-9-13(10-8-12)20-6-3/h7-10H,4-6,11H2,1-3H3,(H,17,19). The fourth-order valence-corrected chi connectivity index (χ4v) is 3.13. The molecule has 2 aromatic rings. The van der Waals surface area contributed by atoms with E-state index in [2.05, 4.69) is 23.7 Å². The van der Waals surface area contributed by atoms with E-state index in [1.807, 2.05) is 31.2 Å². The van der Waals surface area contributed by atoms with Crippen molar-refractivity contribution in [3.8, 4) is 17.0 Å². The zero-order valence-corrected chi connectivity index (χ0v) is 13.6. The van der Waals surface area contributed by atoms with Crippen molar-refractivity contribution in [2.45, 2.75) is 27.3 Å². The van der Waals surface area contributed by atoms with Gasteiger partial charge in [0, 0.05) is 11.4 Å². The topological polar surface area (TPSA) is 45.3 Å². The van der Waals surface area contributed by atoms with Crippen molar-refractivity contribution in [3.05, 3.63) is 38.8 Å². The molecule has 0 aliphatic heterocycles. The van der Waals surface area contributed by atoms with Crippen LogP contribution in [0.3, 0.4) is 0 Å². The van der Waals surface area contributed by atoms with Gasteiger partial charge in [0.15, 0.2) is 0 Å². The zero-order valence-electron chi connectivity index (χ0n) is 12.8. The molecule has 1 aromatic carbocycles. The molecule has 2 rings (SSSR count). The van der Waals surface area contributed by atoms with E-state index in [4.69, 9.17) is 4.74 Å². The van der Waals surface area contributed by atoms with Crippen LogP contribution in [0.25, 0.3) is 11.3 Å². The third kappa shape index (κ3) is 3.95. The molecule has 1 heterocycles. The number of aromatic nitrogens is 1. The normalized spacial score (nSPS) is 11.0. The van der Waals surface area contributed by atoms with Crippen LogP contribution in [0, 0.1) is 0 Å². The summed E-state index contributed by atoms with van der Waals surface area (Å²) in [6.45, 7) is 9.65. The van der Waals surface area contributed by atoms with Gasteiger partial charge in [-0.2, -0.15) is 0 Å². The Morgan fingerprint density at radius 2 is 1.81 bits per heavy atom. The van der Waals surface area contributed by atoms with Gasteiger partial charge in [-0.25, -0.2) is 0 Å². The fourth-order valence-electron chi connectivity index (χ4n) is 2.24. The van der Waals surface area contributed by atoms with Crippen LogP contribution in [0.5, 0.6) is 5.75 Å². The molecule has 0 bridgehead atoms. The van der Waals surface area contributed by atoms with Gasteiger partial charge in [-0.15, -0.1) is 0 Å². The molecule has 0 aliphatic rings. The Bertz CT molecular complexity index is 612. The first-order valence-corrected chi connectivity index (χ1v) is 8.17. The predicted molar refractivity (Wildman–Crippen MR) is 88.2 cm³/mol. The molecule has 0 saturated carbocycles. The van der Waals surface area contributed by atoms with Gasteiger partial charge in [0.2, 0.25) is 0 Å². The Hall–Kier alpha value is -1.59. The van der Waals surface area contributed by atoms with E-state index in [0.717, 1.165) is 41.5 Å². The van der Waals surface area contributed by atoms with Crippen LogP contribution in [0.1, 0.15) is 25.6 Å². The maximum Gasteiger partial charge on any atom is 0.305 e. The molecular weight excluding hydrogens is 284 g/mol. The smallest absolute Gasteiger partial charge is 0.305 e. The summed E-state index contributed by atoms with van der Waals surface area (Å²) in [5, 5.41) is 0. The van der Waals surface area contributed by atoms with E-state index in [1.54, 1.807) is 0 Å². The molecule has 0 atom stereocenters. The molecule has 0 amide bonds. The van der Waals surface area contributed by atoms with Crippen LogP contribution in [0.4, 0.5) is 0 Å². The molecule has 0 spiro atoms. The lowest BCUT2D eigenvalue weighted by Crippen LogP contribution is -2.21. The third-order valence-electron chi connectivity index (χ3n) is 3.44. The summed E-state index contributed by atoms with van der Waals surface area (Å²) in [4.78, 5) is 18.1. The predicted octanol–water partition coefficient (Wildman–Crippen LogP) is 3.34. The molecular formula is C16H22N2O2S. The van der Waals surface area contributed by atoms with Crippen molar-refractivity contribution >= 4 is 11.3 Å². The van der Waals surface area contributed by atoms with Gasteiger partial charge in [0.05, 0.1) is 12.3 Å². The average molecular weight is 306 g/mol. The van der Waals surface area contributed by atoms with E-state index in [9.17, 15) is 4.79 Å². The lowest BCUT2D eigenvalue weighted by Gasteiger charge is -2.17. The van der Waals surface area contributed by atoms with E-state index >= 15 is 0 Å². The first-order valence-electron chi connectivity index (χ1n) is 7.35. The Morgan fingerprint density at radius 3 is 2.38 bits per heavy atom. The van der Waals surface area contributed by atoms with Crippen LogP contribution < -0.4 is 9.61 Å². The number of nitrogens with one attached hydrogen (secondary N) is 1. The maximum atomic E-state index is 11.7. The molecule has 4 nitrogen and oxygen atoms in total. The van der Waals surface area contributed by atoms with E-state index in [1.165, 1.54) is 11.3 Å². The fraction of sp³-hybridized carbons (Fsp3) is 0.438. The SMILES string of the molecule is CCOc1ccc(-c2[nH]c(=O)sc2CN(CC)CC)cc1. The Labute approximate surface area is 129 Å². The lowest BCUT2D eigenvalue weighted by molar-refractivity contribution is 0.298. The Balaban J connectivity index is 2.28. The van der Waals surface area contributed by atoms with Crippen molar-refractivity contribution in [3.63, 3.8) is 0 Å². The van der Waals surface area contributed by atoms with Crippen molar-refractivity contribution in [2.75, 3.05) is 19.7 Å². The summed E-state index contributed by atoms with van der Waals surface area (Å²) in [7, 11) is 0. The molecule has 0 radical (unpaired) electrons. The minimum Gasteiger partial charge on any atom is -0.494 e. The molecule has 0 aliphatic carbocycles. The third-order valence-corrected chi connectivity index (χ3v) is 4.30. The number of ether oxygens (including phenoxy) is 1. The van der Waals surface area contributed by atoms with Gasteiger partial charge in [0.25, 0.3) is 0 Å². The van der Waals surface area contributed by atoms with Crippen LogP contribution in [0.2, 0.25) is 0 Å². The number of thiazole rings is 1. The van der Waals surface area contributed by atoms with E-state index in [0.29, 0.717) is 6.61 Å². The summed E-state index contributed by atoms with van der Waals surface area (Å²) >= 11 is 1.30. The van der Waals surface area contributed by atoms with E-state index in [-0.39, 0.29) is 4.87 Å². The summed E-state index contributed by atoms with van der Waals surface area (Å²) in [5.74, 6) is 0.851. The molecule has 114 valence electrons. The van der Waals surface area contributed by atoms with Crippen molar-refractivity contribution in [1.29, 1.82) is 0 Å². The van der Waals surface area contributed by atoms with Gasteiger partial charge >= 0.3 is 4.87 Å². The number of benzene rings is 1. The first-order chi connectivity index (χ1) is 10.2. The molecule has 0 fully saturated rings. The van der Waals surface area contributed by atoms with Crippen LogP contribution in [0.15, 0.2) is 29.1 Å². The van der Waals surface area contributed by atoms with Crippen molar-refractivity contribution < 1.29 is 4.74 Å². The van der Waals surface area contributed by atoms with Gasteiger partial charge in [-0.1, -0.05) is 25.2 Å². The molecule has 21 heavy (non-hydrogen) atoms. The van der Waals surface area contributed by atoms with Crippen LogP contribution in [-0.2, 0) is 6.54 Å². The first kappa shape index (κ1) is 15.8. The quantitative estimate of drug-likeness (QED) is 0.853. The minimum atomic E-state index is 0.000964. The van der Waals surface area contributed by atoms with Gasteiger partial charge in [-0.3, -0.25) is 9.69 Å². The number of aromatic amines is 1. The summed E-state index contributed by atoms with van der Waals surface area (Å²) < 4.78 is 5.45. The highest BCUT2D eigenvalue weighted by molar-refractivity contribution is 7.09. The highest BCUT2D eigenvalue weighted by atomic mass is 32.1. The van der Waals surface area contributed by atoms with Crippen LogP contribution >= 0.6 is 11.3 Å². The highest BCUT2D eigenvalue weighted by Gasteiger charge is 2.13. The Morgan fingerprint density at radius 1 is 1.14 bits per heavy atom. The number of hydrogen-bond donors (Lipinski definition) is 1. The largest absolute Gasteiger partial charge is 0.494 e. The zero-order chi connectivity index (χ0) is 15.2. The van der Waals surface area contributed by atoms with Gasteiger partial charge < -0.3 is 9.72 Å². The average Bonchev–Trinajstić information content (AvgIpc) is 2.86. The van der Waals surface area contributed by atoms with Gasteiger partial charge in [0.1, 0.15) is 5.75 Å². The number of H-pyrrole nitrogens is 1. The lowest BCUT2D eigenvalue weighted by atomic mass is 10.1. The molecule has 1 aromatic heterocycles. The second kappa shape index (κ2) is 7.43. The molecule has 5 heteroatoms. The minimum absolute atomic E-state index is 0.000964. The summed E-state index contributed by atoms with van der Waals surface area (Å²) in [6, 6.07) is 7.87. The van der Waals surface area contributed by atoms with Gasteiger partial charge in [-0.05, 0) is 49.8 Å². The Kier molecular flexibility index (Phi) is 5.59. The second-order valence-electron chi connectivity index (χ2n) is 4.73. The van der Waals surface area contributed by atoms with E-state index < -0.39 is 0 Å². The second-order valence-corrected chi connectivity index (χ2v) is 5.80. The number of nitrogens with zero attached hydrogens (tertiary/aromatic N) is 1. The maximum absolute atomic E-state index is 11.7. The van der Waals surface area contributed by atoms with Crippen molar-refractivity contribution in [2.24, 2.45) is 0 Å². The molecule has 0 unspecified atom stereocenters. The van der Waals surface area contributed by atoms with Crippen LogP contribution in [-0.4, -0.2) is 29.6 Å². The van der Waals surface area contributed by atoms with Crippen molar-refractivity contribution in [1.82, 2.24) is 9.88 Å². The molecule has 1 N–H and O–H groups in total. The number of rotatable bonds is 7. The summed E-state index contributed by atoms with van der Waals surface area (Å²) in [6.07, 6.45) is 0. The molecule has 0 saturated heterocycles. The highest BCUT2D eigenvalue weighted by Crippen LogP contribution is 2.26.